The van der Waals surface area contributed by atoms with Crippen LogP contribution in [-0.4, -0.2) is 27.6 Å². The summed E-state index contributed by atoms with van der Waals surface area (Å²) in [5.74, 6) is 0. The molecule has 0 heterocycles. The number of unbranched alkanes of at least 4 members (excludes halogenated alkanes) is 7. The monoisotopic (exact) mass is 310 g/mol. The highest BCUT2D eigenvalue weighted by Gasteiger charge is 2.13. The summed E-state index contributed by atoms with van der Waals surface area (Å²) in [4.78, 5) is 17.0. The Morgan fingerprint density at radius 3 is 1.95 bits per heavy atom. The zero-order chi connectivity index (χ0) is 15.3. The Morgan fingerprint density at radius 1 is 0.900 bits per heavy atom. The van der Waals surface area contributed by atoms with Gasteiger partial charge in [-0.3, -0.25) is 4.52 Å². The first-order chi connectivity index (χ1) is 9.45. The van der Waals surface area contributed by atoms with E-state index in [2.05, 4.69) is 11.4 Å². The molecule has 0 aliphatic carbocycles. The average Bonchev–Trinajstić information content (AvgIpc) is 2.37. The SMILES string of the molecule is CCCCCCCCCCC(O)CCCOP(=O)(O)O. The maximum atomic E-state index is 10.4. The molecule has 0 radical (unpaired) electrons. The number of hydrogen-bond acceptors (Lipinski definition) is 3. The summed E-state index contributed by atoms with van der Waals surface area (Å²) in [7, 11) is -4.35. The molecule has 6 heteroatoms. The van der Waals surface area contributed by atoms with Gasteiger partial charge in [0.2, 0.25) is 0 Å². The van der Waals surface area contributed by atoms with Crippen LogP contribution in [-0.2, 0) is 9.09 Å². The first-order valence-electron chi connectivity index (χ1n) is 7.84. The van der Waals surface area contributed by atoms with Gasteiger partial charge in [-0.15, -0.1) is 0 Å². The molecule has 5 nitrogen and oxygen atoms in total. The highest BCUT2D eigenvalue weighted by molar-refractivity contribution is 7.46. The van der Waals surface area contributed by atoms with Crippen molar-refractivity contribution in [2.45, 2.75) is 83.7 Å². The van der Waals surface area contributed by atoms with E-state index in [0.29, 0.717) is 12.8 Å². The van der Waals surface area contributed by atoms with E-state index in [0.717, 1.165) is 19.3 Å². The van der Waals surface area contributed by atoms with Gasteiger partial charge in [0, 0.05) is 0 Å². The van der Waals surface area contributed by atoms with Gasteiger partial charge in [0.15, 0.2) is 0 Å². The lowest BCUT2D eigenvalue weighted by Crippen LogP contribution is -2.07. The molecule has 1 unspecified atom stereocenters. The van der Waals surface area contributed by atoms with Gasteiger partial charge in [-0.2, -0.15) is 0 Å². The van der Waals surface area contributed by atoms with Crippen LogP contribution in [0.5, 0.6) is 0 Å². The van der Waals surface area contributed by atoms with Gasteiger partial charge in [0.25, 0.3) is 0 Å². The van der Waals surface area contributed by atoms with Crippen molar-refractivity contribution in [1.82, 2.24) is 0 Å². The lowest BCUT2D eigenvalue weighted by molar-refractivity contribution is 0.132. The van der Waals surface area contributed by atoms with Crippen LogP contribution in [0.3, 0.4) is 0 Å². The molecule has 3 N–H and O–H groups in total. The molecule has 0 rings (SSSR count). The molecule has 0 spiro atoms. The lowest BCUT2D eigenvalue weighted by atomic mass is 10.0. The van der Waals surface area contributed by atoms with Gasteiger partial charge in [-0.1, -0.05) is 58.3 Å². The van der Waals surface area contributed by atoms with E-state index in [4.69, 9.17) is 9.79 Å². The second-order valence-electron chi connectivity index (χ2n) is 5.38. The van der Waals surface area contributed by atoms with E-state index in [-0.39, 0.29) is 12.7 Å². The molecule has 0 amide bonds. The van der Waals surface area contributed by atoms with Gasteiger partial charge in [0.05, 0.1) is 12.7 Å². The van der Waals surface area contributed by atoms with Crippen LogP contribution in [0, 0.1) is 0 Å². The normalized spacial score (nSPS) is 13.6. The van der Waals surface area contributed by atoms with Crippen LogP contribution >= 0.6 is 7.82 Å². The minimum atomic E-state index is -4.35. The first kappa shape index (κ1) is 20.1. The molecule has 0 saturated heterocycles. The van der Waals surface area contributed by atoms with E-state index < -0.39 is 7.82 Å². The minimum Gasteiger partial charge on any atom is -0.393 e. The molecule has 0 aromatic carbocycles. The average molecular weight is 310 g/mol. The largest absolute Gasteiger partial charge is 0.469 e. The number of aliphatic hydroxyl groups is 1. The Labute approximate surface area is 123 Å². The van der Waals surface area contributed by atoms with Crippen molar-refractivity contribution < 1.29 is 24.0 Å². The van der Waals surface area contributed by atoms with Crippen LogP contribution in [0.25, 0.3) is 0 Å². The Bertz CT molecular complexity index is 254. The first-order valence-corrected chi connectivity index (χ1v) is 9.37. The molecule has 122 valence electrons. The number of phosphoric acid groups is 1. The molecule has 0 bridgehead atoms. The smallest absolute Gasteiger partial charge is 0.393 e. The van der Waals surface area contributed by atoms with Crippen molar-refractivity contribution in [2.24, 2.45) is 0 Å². The van der Waals surface area contributed by atoms with Gasteiger partial charge in [0.1, 0.15) is 0 Å². The molecular formula is C14H31O5P. The predicted octanol–water partition coefficient (Wildman–Crippen LogP) is 3.77. The van der Waals surface area contributed by atoms with E-state index in [9.17, 15) is 9.67 Å². The van der Waals surface area contributed by atoms with Crippen LogP contribution in [0.2, 0.25) is 0 Å². The molecule has 0 fully saturated rings. The summed E-state index contributed by atoms with van der Waals surface area (Å²) in [5.41, 5.74) is 0. The van der Waals surface area contributed by atoms with Gasteiger partial charge in [-0.25, -0.2) is 4.57 Å². The van der Waals surface area contributed by atoms with E-state index >= 15 is 0 Å². The topological polar surface area (TPSA) is 87.0 Å². The lowest BCUT2D eigenvalue weighted by Gasteiger charge is -2.10. The van der Waals surface area contributed by atoms with E-state index in [1.165, 1.54) is 38.5 Å². The third kappa shape index (κ3) is 16.1. The molecule has 0 aromatic rings. The standard InChI is InChI=1S/C14H31O5P/c1-2-3-4-5-6-7-8-9-11-14(15)12-10-13-19-20(16,17)18/h14-15H,2-13H2,1H3,(H2,16,17,18). The number of rotatable bonds is 14. The number of aliphatic hydroxyl groups excluding tert-OH is 1. The zero-order valence-corrected chi connectivity index (χ0v) is 13.6. The van der Waals surface area contributed by atoms with Crippen molar-refractivity contribution >= 4 is 7.82 Å². The van der Waals surface area contributed by atoms with Gasteiger partial charge < -0.3 is 14.9 Å². The fourth-order valence-corrected chi connectivity index (χ4v) is 2.53. The van der Waals surface area contributed by atoms with Crippen molar-refractivity contribution in [2.75, 3.05) is 6.61 Å². The van der Waals surface area contributed by atoms with Crippen molar-refractivity contribution in [3.8, 4) is 0 Å². The predicted molar refractivity (Wildman–Crippen MR) is 80.5 cm³/mol. The fourth-order valence-electron chi connectivity index (χ4n) is 2.16. The maximum absolute atomic E-state index is 10.4. The Hall–Kier alpha value is 0.0700. The Balaban J connectivity index is 3.24. The highest BCUT2D eigenvalue weighted by Crippen LogP contribution is 2.35. The molecule has 0 aliphatic heterocycles. The van der Waals surface area contributed by atoms with Crippen molar-refractivity contribution in [3.63, 3.8) is 0 Å². The summed E-state index contributed by atoms with van der Waals surface area (Å²) in [6.07, 6.45) is 11.4. The van der Waals surface area contributed by atoms with Crippen LogP contribution in [0.15, 0.2) is 0 Å². The van der Waals surface area contributed by atoms with Crippen LogP contribution in [0.1, 0.15) is 77.6 Å². The van der Waals surface area contributed by atoms with Gasteiger partial charge in [-0.05, 0) is 19.3 Å². The molecule has 0 aliphatic rings. The second-order valence-corrected chi connectivity index (χ2v) is 6.62. The Kier molecular flexibility index (Phi) is 12.8. The Morgan fingerprint density at radius 2 is 1.40 bits per heavy atom. The molecule has 20 heavy (non-hydrogen) atoms. The third-order valence-electron chi connectivity index (χ3n) is 3.33. The molecule has 0 aromatic heterocycles. The summed E-state index contributed by atoms with van der Waals surface area (Å²) in [6.45, 7) is 2.21. The number of phosphoric ester groups is 1. The zero-order valence-electron chi connectivity index (χ0n) is 12.7. The van der Waals surface area contributed by atoms with Crippen molar-refractivity contribution in [1.29, 1.82) is 0 Å². The molecule has 0 saturated carbocycles. The van der Waals surface area contributed by atoms with Crippen LogP contribution in [0.4, 0.5) is 0 Å². The maximum Gasteiger partial charge on any atom is 0.469 e. The number of hydrogen-bond donors (Lipinski definition) is 3. The molecule has 1 atom stereocenters. The summed E-state index contributed by atoms with van der Waals surface area (Å²) in [5, 5.41) is 9.70. The van der Waals surface area contributed by atoms with Crippen LogP contribution < -0.4 is 0 Å². The summed E-state index contributed by atoms with van der Waals surface area (Å²) in [6, 6.07) is 0. The minimum absolute atomic E-state index is 0.00122. The highest BCUT2D eigenvalue weighted by atomic mass is 31.2. The quantitative estimate of drug-likeness (QED) is 0.336. The fraction of sp³-hybridized carbons (Fsp3) is 1.00. The second kappa shape index (κ2) is 12.8. The summed E-state index contributed by atoms with van der Waals surface area (Å²) < 4.78 is 14.7. The third-order valence-corrected chi connectivity index (χ3v) is 3.85. The summed E-state index contributed by atoms with van der Waals surface area (Å²) >= 11 is 0. The van der Waals surface area contributed by atoms with E-state index in [1.54, 1.807) is 0 Å². The molecular weight excluding hydrogens is 279 g/mol. The van der Waals surface area contributed by atoms with Crippen molar-refractivity contribution in [3.05, 3.63) is 0 Å². The van der Waals surface area contributed by atoms with E-state index in [1.807, 2.05) is 0 Å². The van der Waals surface area contributed by atoms with Gasteiger partial charge >= 0.3 is 7.82 Å².